The maximum atomic E-state index is 11.5. The van der Waals surface area contributed by atoms with Crippen LogP contribution in [0.4, 0.5) is 0 Å². The molecule has 0 N–H and O–H groups in total. The molecule has 0 aromatic rings. The number of ketones is 1. The molecule has 1 rings (SSSR count). The van der Waals surface area contributed by atoms with Crippen molar-refractivity contribution in [3.63, 3.8) is 0 Å². The van der Waals surface area contributed by atoms with Gasteiger partial charge in [-0.05, 0) is 6.42 Å². The summed E-state index contributed by atoms with van der Waals surface area (Å²) in [6.07, 6.45) is 1.40. The highest BCUT2D eigenvalue weighted by Gasteiger charge is 2.56. The second-order valence-corrected chi connectivity index (χ2v) is 10.7. The van der Waals surface area contributed by atoms with Gasteiger partial charge >= 0.3 is 0 Å². The Labute approximate surface area is 113 Å². The van der Waals surface area contributed by atoms with E-state index in [0.717, 1.165) is 6.42 Å². The maximum Gasteiger partial charge on any atom is 0.164 e. The molecule has 0 amide bonds. The van der Waals surface area contributed by atoms with Crippen molar-refractivity contribution in [3.05, 3.63) is 0 Å². The molecule has 0 saturated heterocycles. The topological polar surface area (TPSA) is 17.1 Å². The standard InChI is InChI=1S/C6H5Br5O/c7-3-1-2-4(12)6(10,11)5(3,8)9/h3H,1-2H2. The lowest BCUT2D eigenvalue weighted by molar-refractivity contribution is -0.120. The lowest BCUT2D eigenvalue weighted by Gasteiger charge is -2.40. The number of alkyl halides is 5. The van der Waals surface area contributed by atoms with Crippen LogP contribution < -0.4 is 0 Å². The minimum atomic E-state index is -0.723. The number of carbonyl (C=O) groups is 1. The molecule has 1 nitrogen and oxygen atoms in total. The average molecular weight is 493 g/mol. The first-order chi connectivity index (χ1) is 5.30. The van der Waals surface area contributed by atoms with E-state index >= 15 is 0 Å². The molecule has 0 radical (unpaired) electrons. The minimum Gasteiger partial charge on any atom is -0.297 e. The molecule has 1 aliphatic carbocycles. The second-order valence-electron chi connectivity index (χ2n) is 2.63. The highest BCUT2D eigenvalue weighted by atomic mass is 79.9. The molecule has 1 aliphatic rings. The zero-order valence-electron chi connectivity index (χ0n) is 5.79. The smallest absolute Gasteiger partial charge is 0.164 e. The van der Waals surface area contributed by atoms with Crippen LogP contribution in [-0.2, 0) is 4.79 Å². The van der Waals surface area contributed by atoms with Crippen LogP contribution in [0, 0.1) is 0 Å². The van der Waals surface area contributed by atoms with E-state index in [1.165, 1.54) is 0 Å². The molecule has 0 aromatic carbocycles. The van der Waals surface area contributed by atoms with Crippen molar-refractivity contribution in [3.8, 4) is 0 Å². The molecule has 70 valence electrons. The lowest BCUT2D eigenvalue weighted by atomic mass is 9.99. The van der Waals surface area contributed by atoms with Crippen molar-refractivity contribution < 1.29 is 4.79 Å². The number of hydrogen-bond donors (Lipinski definition) is 0. The summed E-state index contributed by atoms with van der Waals surface area (Å²) >= 11 is 17.2. The van der Waals surface area contributed by atoms with Gasteiger partial charge in [0.15, 0.2) is 9.02 Å². The molecule has 1 saturated carbocycles. The fourth-order valence-corrected chi connectivity index (χ4v) is 4.01. The van der Waals surface area contributed by atoms with Crippen LogP contribution in [0.3, 0.4) is 0 Å². The highest BCUT2D eigenvalue weighted by Crippen LogP contribution is 2.57. The average Bonchev–Trinajstić information content (AvgIpc) is 1.96. The van der Waals surface area contributed by atoms with E-state index in [1.54, 1.807) is 0 Å². The van der Waals surface area contributed by atoms with Crippen molar-refractivity contribution in [2.45, 2.75) is 24.1 Å². The van der Waals surface area contributed by atoms with Gasteiger partial charge in [0.25, 0.3) is 0 Å². The van der Waals surface area contributed by atoms with Crippen LogP contribution in [0.25, 0.3) is 0 Å². The number of rotatable bonds is 0. The summed E-state index contributed by atoms with van der Waals surface area (Å²) in [4.78, 5) is 11.7. The first kappa shape index (κ1) is 12.1. The zero-order chi connectivity index (χ0) is 9.57. The third-order valence-electron chi connectivity index (χ3n) is 1.79. The van der Waals surface area contributed by atoms with Crippen molar-refractivity contribution in [1.82, 2.24) is 0 Å². The molecule has 12 heavy (non-hydrogen) atoms. The first-order valence-corrected chi connectivity index (χ1v) is 7.32. The number of Topliss-reactive ketones (excluding diaryl/α,β-unsaturated/α-hetero) is 1. The molecule has 1 fully saturated rings. The normalized spacial score (nSPS) is 33.4. The van der Waals surface area contributed by atoms with Gasteiger partial charge in [0.1, 0.15) is 3.23 Å². The van der Waals surface area contributed by atoms with Gasteiger partial charge in [-0.1, -0.05) is 79.6 Å². The summed E-state index contributed by atoms with van der Waals surface area (Å²) in [5, 5.41) is 0. The summed E-state index contributed by atoms with van der Waals surface area (Å²) in [5.41, 5.74) is 0. The van der Waals surface area contributed by atoms with E-state index in [2.05, 4.69) is 79.6 Å². The van der Waals surface area contributed by atoms with Gasteiger partial charge in [0.2, 0.25) is 0 Å². The van der Waals surface area contributed by atoms with Gasteiger partial charge in [-0.25, -0.2) is 0 Å². The van der Waals surface area contributed by atoms with Crippen LogP contribution in [0.5, 0.6) is 0 Å². The molecular weight excluding hydrogens is 488 g/mol. The van der Waals surface area contributed by atoms with Gasteiger partial charge in [0, 0.05) is 11.2 Å². The van der Waals surface area contributed by atoms with Crippen LogP contribution in [0.15, 0.2) is 0 Å². The fourth-order valence-electron chi connectivity index (χ4n) is 0.979. The quantitative estimate of drug-likeness (QED) is 0.466. The summed E-state index contributed by atoms with van der Waals surface area (Å²) in [7, 11) is 0. The van der Waals surface area contributed by atoms with Crippen molar-refractivity contribution >= 4 is 85.4 Å². The Morgan fingerprint density at radius 3 is 2.17 bits per heavy atom. The molecule has 1 atom stereocenters. The van der Waals surface area contributed by atoms with Crippen molar-refractivity contribution in [2.75, 3.05) is 0 Å². The minimum absolute atomic E-state index is 0.145. The van der Waals surface area contributed by atoms with Gasteiger partial charge < -0.3 is 0 Å². The van der Waals surface area contributed by atoms with Gasteiger partial charge in [0.05, 0.1) is 0 Å². The molecule has 0 heterocycles. The fraction of sp³-hybridized carbons (Fsp3) is 0.833. The van der Waals surface area contributed by atoms with Crippen LogP contribution in [0.1, 0.15) is 12.8 Å². The Morgan fingerprint density at radius 2 is 1.75 bits per heavy atom. The molecule has 1 unspecified atom stereocenters. The molecule has 0 aromatic heterocycles. The number of halogens is 5. The Hall–Kier alpha value is 2.07. The summed E-state index contributed by atoms with van der Waals surface area (Å²) in [6, 6.07) is 0. The predicted molar refractivity (Wildman–Crippen MR) is 68.1 cm³/mol. The van der Waals surface area contributed by atoms with Gasteiger partial charge in [-0.3, -0.25) is 4.79 Å². The molecule has 0 bridgehead atoms. The van der Waals surface area contributed by atoms with E-state index in [1.807, 2.05) is 0 Å². The number of hydrogen-bond acceptors (Lipinski definition) is 1. The van der Waals surface area contributed by atoms with Crippen LogP contribution >= 0.6 is 79.6 Å². The van der Waals surface area contributed by atoms with Crippen LogP contribution in [0.2, 0.25) is 0 Å². The van der Waals surface area contributed by atoms with Crippen molar-refractivity contribution in [2.24, 2.45) is 0 Å². The third-order valence-corrected chi connectivity index (χ3v) is 10.7. The maximum absolute atomic E-state index is 11.5. The number of carbonyl (C=O) groups excluding carboxylic acids is 1. The molecule has 0 spiro atoms. The SMILES string of the molecule is O=C1CCC(Br)C(Br)(Br)C1(Br)Br. The lowest BCUT2D eigenvalue weighted by Crippen LogP contribution is -2.51. The van der Waals surface area contributed by atoms with Gasteiger partial charge in [-0.2, -0.15) is 0 Å². The predicted octanol–water partition coefficient (Wildman–Crippen LogP) is 4.09. The Morgan fingerprint density at radius 1 is 1.25 bits per heavy atom. The Bertz CT molecular complexity index is 212. The van der Waals surface area contributed by atoms with E-state index < -0.39 is 6.47 Å². The Kier molecular flexibility index (Phi) is 3.96. The zero-order valence-corrected chi connectivity index (χ0v) is 13.7. The monoisotopic (exact) mass is 488 g/mol. The Balaban J connectivity index is 3.00. The highest BCUT2D eigenvalue weighted by molar-refractivity contribution is 9.31. The molecular formula is C6H5Br5O. The van der Waals surface area contributed by atoms with Crippen molar-refractivity contribution in [1.29, 1.82) is 0 Å². The summed E-state index contributed by atoms with van der Waals surface area (Å²) < 4.78 is -1.19. The molecule has 6 heteroatoms. The third kappa shape index (κ3) is 1.88. The van der Waals surface area contributed by atoms with E-state index in [4.69, 9.17) is 0 Å². The first-order valence-electron chi connectivity index (χ1n) is 3.23. The van der Waals surface area contributed by atoms with E-state index in [-0.39, 0.29) is 10.6 Å². The van der Waals surface area contributed by atoms with E-state index in [9.17, 15) is 4.79 Å². The second kappa shape index (κ2) is 3.91. The molecule has 0 aliphatic heterocycles. The summed E-state index contributed by atoms with van der Waals surface area (Å²) in [6.45, 7) is 0. The largest absolute Gasteiger partial charge is 0.297 e. The van der Waals surface area contributed by atoms with E-state index in [0.29, 0.717) is 6.42 Å². The van der Waals surface area contributed by atoms with Gasteiger partial charge in [-0.15, -0.1) is 0 Å². The van der Waals surface area contributed by atoms with Crippen LogP contribution in [-0.4, -0.2) is 17.1 Å². The summed E-state index contributed by atoms with van der Waals surface area (Å²) in [5.74, 6) is 0.145.